The van der Waals surface area contributed by atoms with E-state index in [1.807, 2.05) is 60.7 Å². The Hall–Kier alpha value is -1.65. The van der Waals surface area contributed by atoms with Gasteiger partial charge in [-0.1, -0.05) is 90.7 Å². The quantitative estimate of drug-likeness (QED) is 0.358. The molecular weight excluding hydrogens is 463 g/mol. The summed E-state index contributed by atoms with van der Waals surface area (Å²) in [6, 6.07) is 25.5. The fraction of sp³-hybridized carbons (Fsp3) is 0.250. The molecule has 0 amide bonds. The van der Waals surface area contributed by atoms with Crippen LogP contribution in [0.15, 0.2) is 84.9 Å². The molecule has 0 saturated heterocycles. The van der Waals surface area contributed by atoms with Crippen LogP contribution in [-0.4, -0.2) is 13.2 Å². The van der Waals surface area contributed by atoms with Crippen molar-refractivity contribution < 1.29 is 18.0 Å². The highest BCUT2D eigenvalue weighted by Gasteiger charge is 2.52. The third-order valence-corrected chi connectivity index (χ3v) is 12.3. The number of hydrogen-bond acceptors (Lipinski definition) is 4. The summed E-state index contributed by atoms with van der Waals surface area (Å²) >= 11 is 6.31. The molecule has 32 heavy (non-hydrogen) atoms. The maximum Gasteiger partial charge on any atom is 0.355 e. The van der Waals surface area contributed by atoms with E-state index in [-0.39, 0.29) is 18.8 Å². The van der Waals surface area contributed by atoms with Gasteiger partial charge in [-0.3, -0.25) is 9.65 Å². The second-order valence-corrected chi connectivity index (χ2v) is 13.8. The minimum absolute atomic E-state index is 0.141. The van der Waals surface area contributed by atoms with Crippen molar-refractivity contribution in [2.75, 3.05) is 13.2 Å². The monoisotopic (exact) mass is 491 g/mol. The molecule has 3 aromatic carbocycles. The van der Waals surface area contributed by atoms with E-state index in [4.69, 9.17) is 20.9 Å². The first kappa shape index (κ1) is 25.0. The first-order chi connectivity index (χ1) is 15.3. The van der Waals surface area contributed by atoms with E-state index in [9.17, 15) is 4.57 Å². The van der Waals surface area contributed by atoms with Gasteiger partial charge in [0.25, 0.3) is 0 Å². The molecule has 3 rings (SSSR count). The van der Waals surface area contributed by atoms with Crippen LogP contribution in [-0.2, 0) is 30.7 Å². The molecule has 0 unspecified atom stereocenters. The topological polar surface area (TPSA) is 47.6 Å². The normalized spacial score (nSPS) is 14.1. The average Bonchev–Trinajstić information content (AvgIpc) is 2.80. The number of nitrogens with one attached hydrogen (secondary N) is 1. The van der Waals surface area contributed by atoms with E-state index in [1.165, 1.54) is 6.07 Å². The molecule has 1 N–H and O–H groups in total. The Kier molecular flexibility index (Phi) is 8.21. The van der Waals surface area contributed by atoms with Gasteiger partial charge in [-0.25, -0.2) is 4.39 Å². The number of benzene rings is 3. The minimum Gasteiger partial charge on any atom is -0.307 e. The molecule has 0 aliphatic heterocycles. The smallest absolute Gasteiger partial charge is 0.307 e. The van der Waals surface area contributed by atoms with E-state index in [2.05, 4.69) is 5.09 Å². The summed E-state index contributed by atoms with van der Waals surface area (Å²) in [6.45, 7) is 5.41. The summed E-state index contributed by atoms with van der Waals surface area (Å²) < 4.78 is 40.9. The Morgan fingerprint density at radius 2 is 1.28 bits per heavy atom. The number of hydrogen-bond donors (Lipinski definition) is 1. The van der Waals surface area contributed by atoms with Gasteiger partial charge >= 0.3 is 7.60 Å². The molecule has 0 fully saturated rings. The van der Waals surface area contributed by atoms with E-state index in [0.29, 0.717) is 0 Å². The maximum absolute atomic E-state index is 15.2. The summed E-state index contributed by atoms with van der Waals surface area (Å²) in [5.41, 5.74) is 0.186. The molecule has 170 valence electrons. The lowest BCUT2D eigenvalue weighted by Gasteiger charge is -2.41. The SMILES string of the molecule is CCOP(=O)(OCC)[C@@](C)(NP(=S)(c1ccccc1)c1ccccc1)c1ccccc1F. The summed E-state index contributed by atoms with van der Waals surface area (Å²) in [7, 11) is -3.92. The lowest BCUT2D eigenvalue weighted by molar-refractivity contribution is 0.194. The highest BCUT2D eigenvalue weighted by molar-refractivity contribution is 8.21. The van der Waals surface area contributed by atoms with Crippen LogP contribution in [0.1, 0.15) is 26.3 Å². The van der Waals surface area contributed by atoms with Crippen LogP contribution in [0.3, 0.4) is 0 Å². The Bertz CT molecular complexity index is 1080. The van der Waals surface area contributed by atoms with E-state index < -0.39 is 24.9 Å². The Morgan fingerprint density at radius 3 is 1.72 bits per heavy atom. The van der Waals surface area contributed by atoms with Crippen molar-refractivity contribution in [3.8, 4) is 0 Å². The zero-order chi connectivity index (χ0) is 23.2. The molecule has 0 bridgehead atoms. The van der Waals surface area contributed by atoms with Gasteiger partial charge in [0.1, 0.15) is 5.82 Å². The Morgan fingerprint density at radius 1 is 0.844 bits per heavy atom. The number of rotatable bonds is 10. The summed E-state index contributed by atoms with van der Waals surface area (Å²) in [5, 5.41) is 3.67. The van der Waals surface area contributed by atoms with Gasteiger partial charge in [0.2, 0.25) is 0 Å². The van der Waals surface area contributed by atoms with Crippen molar-refractivity contribution in [1.29, 1.82) is 0 Å². The van der Waals surface area contributed by atoms with Crippen LogP contribution >= 0.6 is 13.8 Å². The van der Waals surface area contributed by atoms with Gasteiger partial charge < -0.3 is 9.05 Å². The lowest BCUT2D eigenvalue weighted by Crippen LogP contribution is -2.43. The molecule has 0 spiro atoms. The zero-order valence-electron chi connectivity index (χ0n) is 18.4. The third-order valence-electron chi connectivity index (χ3n) is 5.16. The van der Waals surface area contributed by atoms with Crippen LogP contribution in [0.2, 0.25) is 0 Å². The van der Waals surface area contributed by atoms with Gasteiger partial charge in [0.05, 0.1) is 19.4 Å². The summed E-state index contributed by atoms with van der Waals surface area (Å²) in [6.07, 6.45) is -2.79. The van der Waals surface area contributed by atoms with Crippen molar-refractivity contribution in [3.63, 3.8) is 0 Å². The van der Waals surface area contributed by atoms with Crippen molar-refractivity contribution in [2.24, 2.45) is 0 Å². The van der Waals surface area contributed by atoms with E-state index in [1.54, 1.807) is 39.0 Å². The first-order valence-electron chi connectivity index (χ1n) is 10.5. The van der Waals surface area contributed by atoms with Crippen LogP contribution in [0.25, 0.3) is 0 Å². The van der Waals surface area contributed by atoms with Crippen LogP contribution in [0.5, 0.6) is 0 Å². The molecule has 0 saturated carbocycles. The van der Waals surface area contributed by atoms with Gasteiger partial charge in [0.15, 0.2) is 5.28 Å². The van der Waals surface area contributed by atoms with Crippen LogP contribution < -0.4 is 15.7 Å². The van der Waals surface area contributed by atoms with Crippen molar-refractivity contribution in [2.45, 2.75) is 26.1 Å². The van der Waals surface area contributed by atoms with Crippen molar-refractivity contribution in [1.82, 2.24) is 5.09 Å². The van der Waals surface area contributed by atoms with E-state index >= 15 is 4.39 Å². The molecule has 1 atom stereocenters. The predicted octanol–water partition coefficient (Wildman–Crippen LogP) is 5.90. The number of halogens is 1. The molecule has 0 aliphatic carbocycles. The predicted molar refractivity (Wildman–Crippen MR) is 134 cm³/mol. The molecule has 4 nitrogen and oxygen atoms in total. The summed E-state index contributed by atoms with van der Waals surface area (Å²) in [5.74, 6) is -0.509. The van der Waals surface area contributed by atoms with Gasteiger partial charge in [-0.05, 0) is 26.8 Å². The molecule has 0 radical (unpaired) electrons. The second kappa shape index (κ2) is 10.5. The van der Waals surface area contributed by atoms with Crippen molar-refractivity contribution >= 4 is 36.2 Å². The lowest BCUT2D eigenvalue weighted by atomic mass is 10.1. The standard InChI is InChI=1S/C24H28FNO3P2S/c1-4-28-31(27,29-5-2)24(3,22-18-12-13-19-23(22)25)26-30(32,20-14-8-6-9-15-20)21-16-10-7-11-17-21/h6-19H,4-5H2,1-3H3,(H,26,32)/t24-/m1/s1. The van der Waals surface area contributed by atoms with Gasteiger partial charge in [-0.2, -0.15) is 0 Å². The average molecular weight is 492 g/mol. The molecule has 0 heterocycles. The Balaban J connectivity index is 2.30. The minimum atomic E-state index is -3.92. The molecule has 8 heteroatoms. The largest absolute Gasteiger partial charge is 0.355 e. The molecule has 3 aromatic rings. The van der Waals surface area contributed by atoms with Gasteiger partial charge in [0, 0.05) is 16.2 Å². The molecule has 0 aliphatic rings. The third kappa shape index (κ3) is 4.82. The van der Waals surface area contributed by atoms with Crippen LogP contribution in [0.4, 0.5) is 4.39 Å². The Labute approximate surface area is 194 Å². The first-order valence-corrected chi connectivity index (χ1v) is 14.8. The highest BCUT2D eigenvalue weighted by atomic mass is 32.4. The second-order valence-electron chi connectivity index (χ2n) is 7.28. The van der Waals surface area contributed by atoms with Gasteiger partial charge in [-0.15, -0.1) is 0 Å². The maximum atomic E-state index is 15.2. The molecule has 0 aromatic heterocycles. The van der Waals surface area contributed by atoms with Crippen LogP contribution in [0, 0.1) is 5.82 Å². The summed E-state index contributed by atoms with van der Waals surface area (Å²) in [4.78, 5) is 0. The molecular formula is C24H28FNO3P2S. The fourth-order valence-electron chi connectivity index (χ4n) is 3.62. The highest BCUT2D eigenvalue weighted by Crippen LogP contribution is 2.66. The van der Waals surface area contributed by atoms with Crippen molar-refractivity contribution in [3.05, 3.63) is 96.3 Å². The fourth-order valence-corrected chi connectivity index (χ4v) is 10.3. The zero-order valence-corrected chi connectivity index (χ0v) is 21.0. The van der Waals surface area contributed by atoms with E-state index in [0.717, 1.165) is 10.6 Å².